The maximum atomic E-state index is 13.9. The van der Waals surface area contributed by atoms with Crippen LogP contribution in [0.15, 0.2) is 42.5 Å². The summed E-state index contributed by atoms with van der Waals surface area (Å²) in [4.78, 5) is 22.0. The fraction of sp³-hybridized carbons (Fsp3) is 0.125. The van der Waals surface area contributed by atoms with Crippen LogP contribution in [0.2, 0.25) is 0 Å². The van der Waals surface area contributed by atoms with Crippen molar-refractivity contribution in [3.8, 4) is 5.75 Å². The Balaban J connectivity index is 1.99. The first-order valence-electron chi connectivity index (χ1n) is 6.69. The molecule has 0 fully saturated rings. The number of hydrogen-bond acceptors (Lipinski definition) is 3. The second-order valence-corrected chi connectivity index (χ2v) is 4.76. The number of primary amides is 1. The maximum Gasteiger partial charge on any atom is 0.233 e. The van der Waals surface area contributed by atoms with Crippen LogP contribution >= 0.6 is 0 Å². The van der Waals surface area contributed by atoms with Crippen molar-refractivity contribution in [1.29, 1.82) is 0 Å². The standard InChI is InChI=1S/C16H14F2N2O3/c17-11-3-1-2-10(6-11)9-23-14-5-4-12(7-13(14)18)20-16(22)8-15(19)21/h1-7H,8-9H2,(H2,19,21)(H,20,22). The van der Waals surface area contributed by atoms with Crippen molar-refractivity contribution >= 4 is 17.5 Å². The molecule has 2 amide bonds. The molecule has 0 aliphatic heterocycles. The van der Waals surface area contributed by atoms with Crippen molar-refractivity contribution in [3.63, 3.8) is 0 Å². The lowest BCUT2D eigenvalue weighted by Crippen LogP contribution is -2.21. The lowest BCUT2D eigenvalue weighted by Gasteiger charge is -2.09. The van der Waals surface area contributed by atoms with Gasteiger partial charge in [0.05, 0.1) is 0 Å². The van der Waals surface area contributed by atoms with Gasteiger partial charge in [-0.2, -0.15) is 0 Å². The van der Waals surface area contributed by atoms with E-state index >= 15 is 0 Å². The van der Waals surface area contributed by atoms with E-state index in [0.29, 0.717) is 5.56 Å². The Hall–Kier alpha value is -2.96. The highest BCUT2D eigenvalue weighted by Gasteiger charge is 2.09. The first kappa shape index (κ1) is 16.4. The summed E-state index contributed by atoms with van der Waals surface area (Å²) < 4.78 is 32.2. The van der Waals surface area contributed by atoms with Gasteiger partial charge in [-0.1, -0.05) is 12.1 Å². The predicted molar refractivity (Wildman–Crippen MR) is 79.6 cm³/mol. The zero-order valence-electron chi connectivity index (χ0n) is 12.0. The number of amides is 2. The van der Waals surface area contributed by atoms with Crippen molar-refractivity contribution in [2.24, 2.45) is 5.73 Å². The number of anilines is 1. The maximum absolute atomic E-state index is 13.9. The van der Waals surface area contributed by atoms with Crippen LogP contribution in [0.25, 0.3) is 0 Å². The van der Waals surface area contributed by atoms with Crippen molar-refractivity contribution < 1.29 is 23.1 Å². The van der Waals surface area contributed by atoms with Gasteiger partial charge in [0, 0.05) is 11.8 Å². The van der Waals surface area contributed by atoms with Crippen molar-refractivity contribution in [3.05, 3.63) is 59.7 Å². The molecule has 0 aliphatic carbocycles. The van der Waals surface area contributed by atoms with Gasteiger partial charge in [-0.25, -0.2) is 8.78 Å². The molecule has 7 heteroatoms. The molecule has 0 radical (unpaired) electrons. The monoisotopic (exact) mass is 320 g/mol. The number of carbonyl (C=O) groups is 2. The Bertz CT molecular complexity index is 735. The van der Waals surface area contributed by atoms with Gasteiger partial charge in [0.25, 0.3) is 0 Å². The first-order valence-corrected chi connectivity index (χ1v) is 6.69. The van der Waals surface area contributed by atoms with Crippen LogP contribution in [0.3, 0.4) is 0 Å². The Kier molecular flexibility index (Phi) is 5.24. The van der Waals surface area contributed by atoms with Gasteiger partial charge in [0.15, 0.2) is 11.6 Å². The molecule has 0 spiro atoms. The number of ether oxygens (including phenoxy) is 1. The molecule has 3 N–H and O–H groups in total. The second kappa shape index (κ2) is 7.35. The molecule has 2 aromatic carbocycles. The van der Waals surface area contributed by atoms with E-state index in [1.807, 2.05) is 0 Å². The molecule has 0 unspecified atom stereocenters. The van der Waals surface area contributed by atoms with Gasteiger partial charge in [-0.3, -0.25) is 9.59 Å². The first-order chi connectivity index (χ1) is 10.9. The molecule has 0 aliphatic rings. The number of nitrogens with two attached hydrogens (primary N) is 1. The smallest absolute Gasteiger partial charge is 0.233 e. The van der Waals surface area contributed by atoms with Crippen molar-refractivity contribution in [2.45, 2.75) is 13.0 Å². The molecule has 0 atom stereocenters. The number of carbonyl (C=O) groups excluding carboxylic acids is 2. The topological polar surface area (TPSA) is 81.4 Å². The van der Waals surface area contributed by atoms with Gasteiger partial charge in [-0.15, -0.1) is 0 Å². The summed E-state index contributed by atoms with van der Waals surface area (Å²) in [5.41, 5.74) is 5.62. The van der Waals surface area contributed by atoms with E-state index in [2.05, 4.69) is 5.32 Å². The zero-order valence-corrected chi connectivity index (χ0v) is 12.0. The lowest BCUT2D eigenvalue weighted by molar-refractivity contribution is -0.124. The number of benzene rings is 2. The molecule has 0 heterocycles. The van der Waals surface area contributed by atoms with Gasteiger partial charge in [0.1, 0.15) is 18.8 Å². The highest BCUT2D eigenvalue weighted by molar-refractivity contribution is 6.03. The van der Waals surface area contributed by atoms with E-state index in [1.165, 1.54) is 30.3 Å². The summed E-state index contributed by atoms with van der Waals surface area (Å²) in [7, 11) is 0. The summed E-state index contributed by atoms with van der Waals surface area (Å²) >= 11 is 0. The van der Waals surface area contributed by atoms with E-state index in [0.717, 1.165) is 6.07 Å². The molecule has 0 aromatic heterocycles. The summed E-state index contributed by atoms with van der Waals surface area (Å²) in [6.45, 7) is 0.00204. The van der Waals surface area contributed by atoms with E-state index in [1.54, 1.807) is 6.07 Å². The van der Waals surface area contributed by atoms with Crippen molar-refractivity contribution in [2.75, 3.05) is 5.32 Å². The Morgan fingerprint density at radius 3 is 2.57 bits per heavy atom. The van der Waals surface area contributed by atoms with E-state index < -0.39 is 29.9 Å². The number of rotatable bonds is 6. The molecular weight excluding hydrogens is 306 g/mol. The summed E-state index contributed by atoms with van der Waals surface area (Å²) in [6.07, 6.45) is -0.487. The van der Waals surface area contributed by atoms with Crippen LogP contribution in [0.1, 0.15) is 12.0 Å². The number of hydrogen-bond donors (Lipinski definition) is 2. The van der Waals surface area contributed by atoms with E-state index in [9.17, 15) is 18.4 Å². The van der Waals surface area contributed by atoms with E-state index in [4.69, 9.17) is 10.5 Å². The molecule has 120 valence electrons. The molecule has 0 saturated carbocycles. The quantitative estimate of drug-likeness (QED) is 0.802. The summed E-state index contributed by atoms with van der Waals surface area (Å²) in [5.74, 6) is -2.55. The molecule has 2 rings (SSSR count). The molecule has 5 nitrogen and oxygen atoms in total. The highest BCUT2D eigenvalue weighted by atomic mass is 19.1. The minimum atomic E-state index is -0.780. The fourth-order valence-electron chi connectivity index (χ4n) is 1.85. The van der Waals surface area contributed by atoms with Crippen LogP contribution in [-0.4, -0.2) is 11.8 Å². The lowest BCUT2D eigenvalue weighted by atomic mass is 10.2. The molecule has 2 aromatic rings. The zero-order chi connectivity index (χ0) is 16.8. The Morgan fingerprint density at radius 1 is 1.13 bits per heavy atom. The van der Waals surface area contributed by atoms with Gasteiger partial charge >= 0.3 is 0 Å². The van der Waals surface area contributed by atoms with Gasteiger partial charge < -0.3 is 15.8 Å². The molecule has 0 saturated heterocycles. The van der Waals surface area contributed by atoms with Crippen LogP contribution in [0, 0.1) is 11.6 Å². The predicted octanol–water partition coefficient (Wildman–Crippen LogP) is 2.36. The second-order valence-electron chi connectivity index (χ2n) is 4.76. The van der Waals surface area contributed by atoms with Crippen LogP contribution in [0.4, 0.5) is 14.5 Å². The normalized spacial score (nSPS) is 10.2. The molecule has 23 heavy (non-hydrogen) atoms. The Labute approximate surface area is 131 Å². The fourth-order valence-corrected chi connectivity index (χ4v) is 1.85. The van der Waals surface area contributed by atoms with Gasteiger partial charge in [0.2, 0.25) is 11.8 Å². The van der Waals surface area contributed by atoms with Gasteiger partial charge in [-0.05, 0) is 29.8 Å². The molecular formula is C16H14F2N2O3. The minimum absolute atomic E-state index is 0.00204. The number of halogens is 2. The number of nitrogens with one attached hydrogen (secondary N) is 1. The third kappa shape index (κ3) is 5.06. The largest absolute Gasteiger partial charge is 0.486 e. The summed E-state index contributed by atoms with van der Waals surface area (Å²) in [5, 5.41) is 2.34. The average Bonchev–Trinajstić information content (AvgIpc) is 2.45. The SMILES string of the molecule is NC(=O)CC(=O)Nc1ccc(OCc2cccc(F)c2)c(F)c1. The minimum Gasteiger partial charge on any atom is -0.486 e. The average molecular weight is 320 g/mol. The third-order valence-corrected chi connectivity index (χ3v) is 2.83. The molecule has 0 bridgehead atoms. The van der Waals surface area contributed by atoms with Crippen LogP contribution < -0.4 is 15.8 Å². The van der Waals surface area contributed by atoms with Crippen molar-refractivity contribution in [1.82, 2.24) is 0 Å². The van der Waals surface area contributed by atoms with Crippen LogP contribution in [0.5, 0.6) is 5.75 Å². The van der Waals surface area contributed by atoms with E-state index in [-0.39, 0.29) is 18.0 Å². The third-order valence-electron chi connectivity index (χ3n) is 2.83. The Morgan fingerprint density at radius 2 is 1.91 bits per heavy atom. The van der Waals surface area contributed by atoms with Crippen LogP contribution in [-0.2, 0) is 16.2 Å². The highest BCUT2D eigenvalue weighted by Crippen LogP contribution is 2.22. The summed E-state index contributed by atoms with van der Waals surface area (Å²) in [6, 6.07) is 9.57.